The molecule has 1 fully saturated rings. The summed E-state index contributed by atoms with van der Waals surface area (Å²) < 4.78 is 5.03. The van der Waals surface area contributed by atoms with Crippen molar-refractivity contribution in [2.75, 3.05) is 18.1 Å². The molecule has 0 spiro atoms. The number of rotatable bonds is 6. The minimum absolute atomic E-state index is 0.0313. The van der Waals surface area contributed by atoms with Gasteiger partial charge in [0.05, 0.1) is 18.1 Å². The molecule has 0 bridgehead atoms. The van der Waals surface area contributed by atoms with Gasteiger partial charge in [0.1, 0.15) is 0 Å². The first-order chi connectivity index (χ1) is 8.76. The molecule has 19 heavy (non-hydrogen) atoms. The summed E-state index contributed by atoms with van der Waals surface area (Å²) in [4.78, 5) is 11.6. The highest BCUT2D eigenvalue weighted by Gasteiger charge is 2.36. The van der Waals surface area contributed by atoms with Crippen LogP contribution < -0.4 is 5.73 Å². The van der Waals surface area contributed by atoms with Gasteiger partial charge < -0.3 is 15.6 Å². The second-order valence-electron chi connectivity index (χ2n) is 6.23. The Labute approximate surface area is 120 Å². The molecule has 0 aromatic rings. The van der Waals surface area contributed by atoms with Gasteiger partial charge in [0.15, 0.2) is 0 Å². The van der Waals surface area contributed by atoms with Crippen molar-refractivity contribution >= 4 is 17.7 Å². The van der Waals surface area contributed by atoms with E-state index in [1.807, 2.05) is 20.8 Å². The highest BCUT2D eigenvalue weighted by molar-refractivity contribution is 7.99. The van der Waals surface area contributed by atoms with E-state index in [0.29, 0.717) is 25.2 Å². The monoisotopic (exact) mass is 289 g/mol. The molecule has 0 unspecified atom stereocenters. The largest absolute Gasteiger partial charge is 0.466 e. The summed E-state index contributed by atoms with van der Waals surface area (Å²) in [6.45, 7) is 6.23. The van der Waals surface area contributed by atoms with Crippen LogP contribution in [0.1, 0.15) is 46.5 Å². The number of hydrogen-bond acceptors (Lipinski definition) is 5. The number of ether oxygens (including phenoxy) is 1. The van der Waals surface area contributed by atoms with Crippen LogP contribution in [0.5, 0.6) is 0 Å². The summed E-state index contributed by atoms with van der Waals surface area (Å²) in [7, 11) is 0. The zero-order valence-corrected chi connectivity index (χ0v) is 13.1. The maximum Gasteiger partial charge on any atom is 0.308 e. The topological polar surface area (TPSA) is 72.5 Å². The molecule has 3 N–H and O–H groups in total. The number of carbonyl (C=O) groups is 1. The fourth-order valence-electron chi connectivity index (χ4n) is 2.30. The van der Waals surface area contributed by atoms with E-state index in [9.17, 15) is 9.90 Å². The van der Waals surface area contributed by atoms with Gasteiger partial charge in [-0.1, -0.05) is 0 Å². The average molecular weight is 289 g/mol. The van der Waals surface area contributed by atoms with Crippen molar-refractivity contribution in [3.05, 3.63) is 0 Å². The van der Waals surface area contributed by atoms with Crippen molar-refractivity contribution in [1.29, 1.82) is 0 Å². The summed E-state index contributed by atoms with van der Waals surface area (Å²) in [5.74, 6) is 1.39. The normalized spacial score (nSPS) is 28.2. The summed E-state index contributed by atoms with van der Waals surface area (Å²) in [6, 6.07) is 0. The van der Waals surface area contributed by atoms with E-state index in [-0.39, 0.29) is 17.4 Å². The Bertz CT molecular complexity index is 294. The third-order valence-corrected chi connectivity index (χ3v) is 5.07. The van der Waals surface area contributed by atoms with Crippen molar-refractivity contribution in [2.45, 2.75) is 57.6 Å². The Morgan fingerprint density at radius 2 is 2.05 bits per heavy atom. The van der Waals surface area contributed by atoms with E-state index in [4.69, 9.17) is 10.5 Å². The van der Waals surface area contributed by atoms with Crippen LogP contribution in [0.3, 0.4) is 0 Å². The standard InChI is InChI=1S/C14H27NO3S/c1-4-18-12(16)11-5-7-14(17,8-6-11)10-19-9-13(2,3)15/h11,17H,4-10,15H2,1-3H3. The molecule has 0 amide bonds. The minimum atomic E-state index is -0.640. The van der Waals surface area contributed by atoms with E-state index in [0.717, 1.165) is 18.6 Å². The van der Waals surface area contributed by atoms with Gasteiger partial charge in [0.2, 0.25) is 0 Å². The second kappa shape index (κ2) is 6.95. The second-order valence-corrected chi connectivity index (χ2v) is 7.22. The smallest absolute Gasteiger partial charge is 0.308 e. The van der Waals surface area contributed by atoms with Crippen molar-refractivity contribution in [3.63, 3.8) is 0 Å². The van der Waals surface area contributed by atoms with Crippen molar-refractivity contribution in [2.24, 2.45) is 11.7 Å². The quantitative estimate of drug-likeness (QED) is 0.731. The van der Waals surface area contributed by atoms with Gasteiger partial charge in [-0.25, -0.2) is 0 Å². The average Bonchev–Trinajstić information content (AvgIpc) is 2.28. The van der Waals surface area contributed by atoms with Gasteiger partial charge in [-0.05, 0) is 46.5 Å². The number of esters is 1. The molecular weight excluding hydrogens is 262 g/mol. The molecule has 0 aromatic heterocycles. The summed E-state index contributed by atoms with van der Waals surface area (Å²) >= 11 is 1.69. The summed E-state index contributed by atoms with van der Waals surface area (Å²) in [5.41, 5.74) is 5.08. The molecule has 5 heteroatoms. The maximum atomic E-state index is 11.6. The van der Waals surface area contributed by atoms with Crippen molar-refractivity contribution in [3.8, 4) is 0 Å². The number of thioether (sulfide) groups is 1. The first kappa shape index (κ1) is 16.8. The molecule has 0 radical (unpaired) electrons. The van der Waals surface area contributed by atoms with E-state index in [1.54, 1.807) is 11.8 Å². The molecule has 112 valence electrons. The van der Waals surface area contributed by atoms with Crippen LogP contribution in [0.15, 0.2) is 0 Å². The lowest BCUT2D eigenvalue weighted by Crippen LogP contribution is -2.40. The fourth-order valence-corrected chi connectivity index (χ4v) is 3.60. The Kier molecular flexibility index (Phi) is 6.15. The van der Waals surface area contributed by atoms with Crippen LogP contribution in [-0.4, -0.2) is 40.3 Å². The van der Waals surface area contributed by atoms with E-state index in [2.05, 4.69) is 0 Å². The molecule has 0 aliphatic heterocycles. The van der Waals surface area contributed by atoms with E-state index in [1.165, 1.54) is 0 Å². The Balaban J connectivity index is 2.33. The molecule has 1 saturated carbocycles. The van der Waals surface area contributed by atoms with Gasteiger partial charge in [-0.2, -0.15) is 11.8 Å². The zero-order chi connectivity index (χ0) is 14.5. The van der Waals surface area contributed by atoms with Gasteiger partial charge in [-0.15, -0.1) is 0 Å². The minimum Gasteiger partial charge on any atom is -0.466 e. The van der Waals surface area contributed by atoms with Crippen LogP contribution in [0.2, 0.25) is 0 Å². The number of carbonyl (C=O) groups excluding carboxylic acids is 1. The number of nitrogens with two attached hydrogens (primary N) is 1. The van der Waals surface area contributed by atoms with Gasteiger partial charge >= 0.3 is 5.97 Å². The number of aliphatic hydroxyl groups is 1. The molecule has 1 aliphatic rings. The molecule has 0 aromatic carbocycles. The molecule has 0 saturated heterocycles. The Morgan fingerprint density at radius 1 is 1.47 bits per heavy atom. The molecule has 1 aliphatic carbocycles. The van der Waals surface area contributed by atoms with Crippen LogP contribution in [0, 0.1) is 5.92 Å². The first-order valence-corrected chi connectivity index (χ1v) is 8.17. The molecule has 0 atom stereocenters. The van der Waals surface area contributed by atoms with Crippen LogP contribution in [-0.2, 0) is 9.53 Å². The Morgan fingerprint density at radius 3 is 2.53 bits per heavy atom. The zero-order valence-electron chi connectivity index (χ0n) is 12.3. The third kappa shape index (κ3) is 6.15. The van der Waals surface area contributed by atoms with Crippen LogP contribution >= 0.6 is 11.8 Å². The van der Waals surface area contributed by atoms with Crippen LogP contribution in [0.4, 0.5) is 0 Å². The highest BCUT2D eigenvalue weighted by Crippen LogP contribution is 2.35. The maximum absolute atomic E-state index is 11.6. The number of hydrogen-bond donors (Lipinski definition) is 2. The first-order valence-electron chi connectivity index (χ1n) is 7.01. The predicted molar refractivity (Wildman–Crippen MR) is 79.1 cm³/mol. The highest BCUT2D eigenvalue weighted by atomic mass is 32.2. The third-order valence-electron chi connectivity index (χ3n) is 3.38. The lowest BCUT2D eigenvalue weighted by atomic mass is 9.80. The van der Waals surface area contributed by atoms with E-state index >= 15 is 0 Å². The van der Waals surface area contributed by atoms with Gasteiger partial charge in [-0.3, -0.25) is 4.79 Å². The molecule has 4 nitrogen and oxygen atoms in total. The summed E-state index contributed by atoms with van der Waals surface area (Å²) in [5, 5.41) is 10.5. The molecule has 1 rings (SSSR count). The van der Waals surface area contributed by atoms with Crippen molar-refractivity contribution in [1.82, 2.24) is 0 Å². The lowest BCUT2D eigenvalue weighted by Gasteiger charge is -2.35. The molecule has 0 heterocycles. The lowest BCUT2D eigenvalue weighted by molar-refractivity contribution is -0.150. The Hall–Kier alpha value is -0.260. The van der Waals surface area contributed by atoms with Gasteiger partial charge in [0, 0.05) is 17.0 Å². The SMILES string of the molecule is CCOC(=O)C1CCC(O)(CSCC(C)(C)N)CC1. The van der Waals surface area contributed by atoms with Crippen LogP contribution in [0.25, 0.3) is 0 Å². The molecular formula is C14H27NO3S. The van der Waals surface area contributed by atoms with Gasteiger partial charge in [0.25, 0.3) is 0 Å². The van der Waals surface area contributed by atoms with Crippen molar-refractivity contribution < 1.29 is 14.6 Å². The summed E-state index contributed by atoms with van der Waals surface area (Å²) in [6.07, 6.45) is 2.80. The van der Waals surface area contributed by atoms with E-state index < -0.39 is 5.60 Å². The fraction of sp³-hybridized carbons (Fsp3) is 0.929. The predicted octanol–water partition coefficient (Wildman–Crippen LogP) is 1.94.